The van der Waals surface area contributed by atoms with Crippen LogP contribution in [0, 0.1) is 4.77 Å². The summed E-state index contributed by atoms with van der Waals surface area (Å²) >= 11 is 13.3. The third kappa shape index (κ3) is 4.38. The van der Waals surface area contributed by atoms with E-state index in [1.54, 1.807) is 11.8 Å². The van der Waals surface area contributed by atoms with Crippen LogP contribution in [0.15, 0.2) is 89.8 Å². The van der Waals surface area contributed by atoms with Gasteiger partial charge in [-0.1, -0.05) is 72.3 Å². The van der Waals surface area contributed by atoms with E-state index in [1.807, 2.05) is 36.4 Å². The van der Waals surface area contributed by atoms with E-state index in [-0.39, 0.29) is 5.25 Å². The molecule has 1 N–H and O–H groups in total. The van der Waals surface area contributed by atoms with E-state index in [1.165, 1.54) is 10.5 Å². The minimum Gasteiger partial charge on any atom is -0.298 e. The molecule has 0 radical (unpaired) electrons. The SMILES string of the molecule is S=c1[nH]nc(C(Sc2ccccc2)c2ccccc2)n1Cc1ccc(Cl)cc1. The smallest absolute Gasteiger partial charge is 0.195 e. The Kier molecular flexibility index (Phi) is 5.95. The second kappa shape index (κ2) is 8.78. The van der Waals surface area contributed by atoms with Gasteiger partial charge in [-0.15, -0.1) is 11.8 Å². The highest BCUT2D eigenvalue weighted by Crippen LogP contribution is 2.39. The van der Waals surface area contributed by atoms with Gasteiger partial charge in [-0.25, -0.2) is 0 Å². The maximum Gasteiger partial charge on any atom is 0.195 e. The van der Waals surface area contributed by atoms with Crippen LogP contribution in [0.3, 0.4) is 0 Å². The van der Waals surface area contributed by atoms with Gasteiger partial charge in [-0.3, -0.25) is 9.67 Å². The number of aromatic amines is 1. The van der Waals surface area contributed by atoms with Crippen LogP contribution in [0.1, 0.15) is 22.2 Å². The number of nitrogens with zero attached hydrogens (tertiary/aromatic N) is 2. The quantitative estimate of drug-likeness (QED) is 0.283. The van der Waals surface area contributed by atoms with Crippen molar-refractivity contribution < 1.29 is 0 Å². The highest BCUT2D eigenvalue weighted by Gasteiger charge is 2.22. The van der Waals surface area contributed by atoms with E-state index in [0.717, 1.165) is 16.4 Å². The topological polar surface area (TPSA) is 33.6 Å². The number of nitrogens with one attached hydrogen (secondary N) is 1. The van der Waals surface area contributed by atoms with Crippen molar-refractivity contribution in [3.63, 3.8) is 0 Å². The monoisotopic (exact) mass is 423 g/mol. The molecular formula is C22H18ClN3S2. The second-order valence-corrected chi connectivity index (χ2v) is 8.32. The van der Waals surface area contributed by atoms with Crippen molar-refractivity contribution >= 4 is 35.6 Å². The second-order valence-electron chi connectivity index (χ2n) is 6.32. The number of aromatic nitrogens is 3. The number of benzene rings is 3. The summed E-state index contributed by atoms with van der Waals surface area (Å²) in [7, 11) is 0. The Morgan fingerprint density at radius 3 is 2.25 bits per heavy atom. The highest BCUT2D eigenvalue weighted by atomic mass is 35.5. The van der Waals surface area contributed by atoms with Crippen molar-refractivity contribution in [1.29, 1.82) is 0 Å². The van der Waals surface area contributed by atoms with E-state index in [2.05, 4.69) is 63.3 Å². The fraction of sp³-hybridized carbons (Fsp3) is 0.0909. The first-order valence-corrected chi connectivity index (χ1v) is 10.5. The fourth-order valence-corrected chi connectivity index (χ4v) is 4.48. The zero-order valence-corrected chi connectivity index (χ0v) is 17.3. The lowest BCUT2D eigenvalue weighted by atomic mass is 10.1. The predicted octanol–water partition coefficient (Wildman–Crippen LogP) is 6.52. The maximum atomic E-state index is 6.03. The summed E-state index contributed by atoms with van der Waals surface area (Å²) in [6.45, 7) is 0.639. The summed E-state index contributed by atoms with van der Waals surface area (Å²) in [5.41, 5.74) is 2.31. The Hall–Kier alpha value is -2.34. The van der Waals surface area contributed by atoms with Gasteiger partial charge >= 0.3 is 0 Å². The number of halogens is 1. The molecule has 0 saturated heterocycles. The number of H-pyrrole nitrogens is 1. The molecule has 0 aliphatic rings. The molecule has 3 nitrogen and oxygen atoms in total. The molecule has 6 heteroatoms. The van der Waals surface area contributed by atoms with Crippen molar-refractivity contribution in [3.05, 3.63) is 112 Å². The van der Waals surface area contributed by atoms with Crippen molar-refractivity contribution in [1.82, 2.24) is 14.8 Å². The molecule has 0 spiro atoms. The number of rotatable bonds is 6. The Bertz CT molecular complexity index is 1090. The molecule has 140 valence electrons. The first-order valence-electron chi connectivity index (χ1n) is 8.87. The summed E-state index contributed by atoms with van der Waals surface area (Å²) in [5.74, 6) is 0.903. The Labute approximate surface area is 178 Å². The predicted molar refractivity (Wildman–Crippen MR) is 119 cm³/mol. The Morgan fingerprint density at radius 1 is 0.929 bits per heavy atom. The van der Waals surface area contributed by atoms with Crippen LogP contribution in [-0.4, -0.2) is 14.8 Å². The van der Waals surface area contributed by atoms with Gasteiger partial charge in [0.25, 0.3) is 0 Å². The number of hydrogen-bond donors (Lipinski definition) is 1. The van der Waals surface area contributed by atoms with Crippen LogP contribution in [0.4, 0.5) is 0 Å². The summed E-state index contributed by atoms with van der Waals surface area (Å²) in [4.78, 5) is 1.18. The van der Waals surface area contributed by atoms with E-state index in [4.69, 9.17) is 23.8 Å². The zero-order valence-electron chi connectivity index (χ0n) is 15.0. The molecule has 0 aliphatic carbocycles. The first-order chi connectivity index (χ1) is 13.7. The third-order valence-electron chi connectivity index (χ3n) is 4.38. The molecule has 0 amide bonds. The molecule has 0 saturated carbocycles. The van der Waals surface area contributed by atoms with Gasteiger partial charge in [-0.2, -0.15) is 5.10 Å². The third-order valence-corrected chi connectivity index (χ3v) is 6.20. The van der Waals surface area contributed by atoms with E-state index in [9.17, 15) is 0 Å². The van der Waals surface area contributed by atoms with Gasteiger partial charge in [0.15, 0.2) is 4.77 Å². The Morgan fingerprint density at radius 2 is 1.57 bits per heavy atom. The number of hydrogen-bond acceptors (Lipinski definition) is 3. The van der Waals surface area contributed by atoms with Crippen LogP contribution in [-0.2, 0) is 6.54 Å². The maximum absolute atomic E-state index is 6.03. The number of thioether (sulfide) groups is 1. The minimum absolute atomic E-state index is 0.0175. The van der Waals surface area contributed by atoms with Crippen LogP contribution in [0.2, 0.25) is 5.02 Å². The lowest BCUT2D eigenvalue weighted by molar-refractivity contribution is 0.727. The molecular weight excluding hydrogens is 406 g/mol. The molecule has 0 fully saturated rings. The largest absolute Gasteiger partial charge is 0.298 e. The molecule has 4 aromatic rings. The average Bonchev–Trinajstić information content (AvgIpc) is 3.09. The normalized spacial score (nSPS) is 12.0. The molecule has 1 heterocycles. The van der Waals surface area contributed by atoms with Crippen molar-refractivity contribution in [2.45, 2.75) is 16.7 Å². The van der Waals surface area contributed by atoms with Crippen molar-refractivity contribution in [3.8, 4) is 0 Å². The lowest BCUT2D eigenvalue weighted by Gasteiger charge is -2.18. The van der Waals surface area contributed by atoms with Gasteiger partial charge in [0.2, 0.25) is 0 Å². The zero-order chi connectivity index (χ0) is 19.3. The summed E-state index contributed by atoms with van der Waals surface area (Å²) < 4.78 is 2.67. The summed E-state index contributed by atoms with van der Waals surface area (Å²) in [5, 5.41) is 8.32. The molecule has 0 bridgehead atoms. The van der Waals surface area contributed by atoms with Crippen LogP contribution < -0.4 is 0 Å². The Balaban J connectivity index is 1.74. The molecule has 28 heavy (non-hydrogen) atoms. The van der Waals surface area contributed by atoms with Gasteiger partial charge in [-0.05, 0) is 47.6 Å². The molecule has 4 rings (SSSR count). The van der Waals surface area contributed by atoms with Crippen molar-refractivity contribution in [2.24, 2.45) is 0 Å². The van der Waals surface area contributed by atoms with Gasteiger partial charge in [0.05, 0.1) is 11.8 Å². The summed E-state index contributed by atoms with van der Waals surface area (Å²) in [6.07, 6.45) is 0. The highest BCUT2D eigenvalue weighted by molar-refractivity contribution is 7.99. The van der Waals surface area contributed by atoms with Crippen molar-refractivity contribution in [2.75, 3.05) is 0 Å². The fourth-order valence-electron chi connectivity index (χ4n) is 2.99. The van der Waals surface area contributed by atoms with Crippen LogP contribution in [0.5, 0.6) is 0 Å². The van der Waals surface area contributed by atoms with E-state index >= 15 is 0 Å². The van der Waals surface area contributed by atoms with E-state index in [0.29, 0.717) is 11.3 Å². The van der Waals surface area contributed by atoms with Crippen LogP contribution >= 0.6 is 35.6 Å². The lowest BCUT2D eigenvalue weighted by Crippen LogP contribution is -2.10. The first kappa shape index (κ1) is 19.0. The minimum atomic E-state index is 0.0175. The molecule has 1 atom stereocenters. The standard InChI is InChI=1S/C22H18ClN3S2/c23-18-13-11-16(12-14-18)15-26-21(24-25-22(26)27)20(17-7-3-1-4-8-17)28-19-9-5-2-6-10-19/h1-14,20H,15H2,(H,25,27). The summed E-state index contributed by atoms with van der Waals surface area (Å²) in [6, 6.07) is 28.6. The molecule has 0 aliphatic heterocycles. The van der Waals surface area contributed by atoms with E-state index < -0.39 is 0 Å². The van der Waals surface area contributed by atoms with Gasteiger partial charge in [0, 0.05) is 9.92 Å². The molecule has 1 aromatic heterocycles. The molecule has 3 aromatic carbocycles. The average molecular weight is 424 g/mol. The van der Waals surface area contributed by atoms with Crippen LogP contribution in [0.25, 0.3) is 0 Å². The van der Waals surface area contributed by atoms with Gasteiger partial charge in [0.1, 0.15) is 5.82 Å². The van der Waals surface area contributed by atoms with Gasteiger partial charge < -0.3 is 0 Å². The molecule has 1 unspecified atom stereocenters.